The first-order chi connectivity index (χ1) is 8.17. The molecular weight excluding hydrogens is 218 g/mol. The number of nitrogens with zero attached hydrogens (tertiary/aromatic N) is 2. The minimum Gasteiger partial charge on any atom is -0.375 e. The monoisotopic (exact) mass is 239 g/mol. The van der Waals surface area contributed by atoms with E-state index in [9.17, 15) is 4.79 Å². The summed E-state index contributed by atoms with van der Waals surface area (Å²) in [5.74, 6) is -0.0485. The van der Waals surface area contributed by atoms with Gasteiger partial charge in [-0.15, -0.1) is 0 Å². The third kappa shape index (κ3) is 4.72. The van der Waals surface area contributed by atoms with Gasteiger partial charge in [0.25, 0.3) is 0 Å². The Morgan fingerprint density at radius 1 is 1.71 bits per heavy atom. The molecule has 0 aromatic rings. The molecule has 1 rings (SSSR count). The molecule has 0 bridgehead atoms. The number of amides is 1. The second-order valence-electron chi connectivity index (χ2n) is 4.36. The molecule has 0 aliphatic carbocycles. The topological polar surface area (TPSA) is 65.4 Å². The van der Waals surface area contributed by atoms with Crippen LogP contribution in [0.25, 0.3) is 0 Å². The van der Waals surface area contributed by atoms with E-state index < -0.39 is 0 Å². The number of hydrogen-bond donors (Lipinski definition) is 1. The summed E-state index contributed by atoms with van der Waals surface area (Å²) in [6.45, 7) is 7.16. The number of hydrogen-bond acceptors (Lipinski definition) is 4. The minimum absolute atomic E-state index is 0.0253. The molecule has 0 aromatic carbocycles. The van der Waals surface area contributed by atoms with Gasteiger partial charge in [0.1, 0.15) is 0 Å². The van der Waals surface area contributed by atoms with Crippen molar-refractivity contribution in [3.8, 4) is 6.07 Å². The molecule has 2 atom stereocenters. The predicted molar refractivity (Wildman–Crippen MR) is 64.3 cm³/mol. The normalized spacial score (nSPS) is 21.6. The number of nitrogens with one attached hydrogen (secondary N) is 1. The van der Waals surface area contributed by atoms with Crippen LogP contribution in [0.3, 0.4) is 0 Å². The Morgan fingerprint density at radius 3 is 3.00 bits per heavy atom. The highest BCUT2D eigenvalue weighted by atomic mass is 16.5. The van der Waals surface area contributed by atoms with Gasteiger partial charge >= 0.3 is 0 Å². The van der Waals surface area contributed by atoms with Crippen LogP contribution >= 0.6 is 0 Å². The van der Waals surface area contributed by atoms with Crippen molar-refractivity contribution in [3.63, 3.8) is 0 Å². The fraction of sp³-hybridized carbons (Fsp3) is 0.833. The molecule has 1 N–H and O–H groups in total. The average molecular weight is 239 g/mol. The fourth-order valence-corrected chi connectivity index (χ4v) is 1.85. The van der Waals surface area contributed by atoms with Crippen LogP contribution in [0, 0.1) is 17.2 Å². The summed E-state index contributed by atoms with van der Waals surface area (Å²) < 4.78 is 5.50. The molecule has 2 unspecified atom stereocenters. The highest BCUT2D eigenvalue weighted by molar-refractivity contribution is 5.76. The van der Waals surface area contributed by atoms with E-state index in [4.69, 9.17) is 10.00 Å². The van der Waals surface area contributed by atoms with E-state index in [2.05, 4.69) is 11.4 Å². The smallest absolute Gasteiger partial charge is 0.225 e. The maximum Gasteiger partial charge on any atom is 0.225 e. The second kappa shape index (κ2) is 7.25. The molecule has 1 fully saturated rings. The summed E-state index contributed by atoms with van der Waals surface area (Å²) in [5, 5.41) is 12.0. The number of rotatable bonds is 5. The zero-order valence-corrected chi connectivity index (χ0v) is 10.6. The third-order valence-corrected chi connectivity index (χ3v) is 2.86. The first-order valence-electron chi connectivity index (χ1n) is 6.17. The molecule has 96 valence electrons. The van der Waals surface area contributed by atoms with Crippen molar-refractivity contribution in [2.45, 2.75) is 26.4 Å². The highest BCUT2D eigenvalue weighted by Gasteiger charge is 2.21. The van der Waals surface area contributed by atoms with Gasteiger partial charge in [-0.2, -0.15) is 5.26 Å². The predicted octanol–water partition coefficient (Wildman–Crippen LogP) is 0.373. The summed E-state index contributed by atoms with van der Waals surface area (Å²) in [5.41, 5.74) is 0. The van der Waals surface area contributed by atoms with Crippen LogP contribution in [0.2, 0.25) is 0 Å². The Kier molecular flexibility index (Phi) is 5.95. The van der Waals surface area contributed by atoms with Gasteiger partial charge in [0.2, 0.25) is 5.91 Å². The lowest BCUT2D eigenvalue weighted by molar-refractivity contribution is -0.134. The Morgan fingerprint density at radius 2 is 2.47 bits per heavy atom. The van der Waals surface area contributed by atoms with Crippen molar-refractivity contribution in [2.24, 2.45) is 5.92 Å². The molecule has 0 aromatic heterocycles. The fourth-order valence-electron chi connectivity index (χ4n) is 1.85. The van der Waals surface area contributed by atoms with Gasteiger partial charge in [-0.25, -0.2) is 0 Å². The van der Waals surface area contributed by atoms with E-state index in [-0.39, 0.29) is 17.9 Å². The quantitative estimate of drug-likeness (QED) is 0.753. The molecule has 1 saturated heterocycles. The molecule has 5 nitrogen and oxygen atoms in total. The number of carbonyl (C=O) groups is 1. The maximum absolute atomic E-state index is 12.0. The van der Waals surface area contributed by atoms with Crippen LogP contribution in [0.15, 0.2) is 0 Å². The molecule has 1 aliphatic heterocycles. The molecule has 0 saturated carbocycles. The molecule has 1 aliphatic rings. The average Bonchev–Trinajstić information content (AvgIpc) is 2.36. The molecule has 0 radical (unpaired) electrons. The van der Waals surface area contributed by atoms with E-state index in [0.29, 0.717) is 26.1 Å². The number of carbonyl (C=O) groups excluding carboxylic acids is 1. The number of nitriles is 1. The van der Waals surface area contributed by atoms with Gasteiger partial charge in [0, 0.05) is 26.2 Å². The molecular formula is C12H21N3O2. The van der Waals surface area contributed by atoms with Gasteiger partial charge in [-0.05, 0) is 13.8 Å². The van der Waals surface area contributed by atoms with E-state index in [0.717, 1.165) is 13.1 Å². The summed E-state index contributed by atoms with van der Waals surface area (Å²) in [6, 6.07) is 2.15. The first kappa shape index (κ1) is 13.9. The van der Waals surface area contributed by atoms with Crippen molar-refractivity contribution < 1.29 is 9.53 Å². The SMILES string of the molecule is CCN(CC(C)C#N)C(=O)CC1CNCCO1. The number of ether oxygens (including phenoxy) is 1. The van der Waals surface area contributed by atoms with Gasteiger partial charge in [-0.3, -0.25) is 4.79 Å². The van der Waals surface area contributed by atoms with Gasteiger partial charge in [0.15, 0.2) is 0 Å². The van der Waals surface area contributed by atoms with E-state index in [1.54, 1.807) is 4.90 Å². The van der Waals surface area contributed by atoms with Gasteiger partial charge in [0.05, 0.1) is 31.1 Å². The van der Waals surface area contributed by atoms with Crippen LogP contribution in [-0.2, 0) is 9.53 Å². The summed E-state index contributed by atoms with van der Waals surface area (Å²) >= 11 is 0. The molecule has 1 heterocycles. The van der Waals surface area contributed by atoms with E-state index in [1.165, 1.54) is 0 Å². The highest BCUT2D eigenvalue weighted by Crippen LogP contribution is 2.07. The largest absolute Gasteiger partial charge is 0.375 e. The Balaban J connectivity index is 2.40. The molecule has 1 amide bonds. The van der Waals surface area contributed by atoms with Crippen LogP contribution in [0.5, 0.6) is 0 Å². The van der Waals surface area contributed by atoms with E-state index in [1.807, 2.05) is 13.8 Å². The Bertz CT molecular complexity index is 282. The van der Waals surface area contributed by atoms with Gasteiger partial charge < -0.3 is 15.0 Å². The maximum atomic E-state index is 12.0. The second-order valence-corrected chi connectivity index (χ2v) is 4.36. The summed E-state index contributed by atoms with van der Waals surface area (Å²) in [6.07, 6.45) is 0.376. The number of morpholine rings is 1. The van der Waals surface area contributed by atoms with E-state index >= 15 is 0 Å². The zero-order chi connectivity index (χ0) is 12.7. The van der Waals surface area contributed by atoms with Crippen molar-refractivity contribution >= 4 is 5.91 Å². The standard InChI is InChI=1S/C12H21N3O2/c1-3-15(9-10(2)7-13)12(16)6-11-8-14-4-5-17-11/h10-11,14H,3-6,8-9H2,1-2H3. The van der Waals surface area contributed by atoms with Crippen molar-refractivity contribution in [1.29, 1.82) is 5.26 Å². The van der Waals surface area contributed by atoms with Crippen LogP contribution in [0.1, 0.15) is 20.3 Å². The summed E-state index contributed by atoms with van der Waals surface area (Å²) in [7, 11) is 0. The lowest BCUT2D eigenvalue weighted by Gasteiger charge is -2.27. The van der Waals surface area contributed by atoms with Crippen molar-refractivity contribution in [2.75, 3.05) is 32.8 Å². The lowest BCUT2D eigenvalue weighted by Crippen LogP contribution is -2.43. The summed E-state index contributed by atoms with van der Waals surface area (Å²) in [4.78, 5) is 13.7. The third-order valence-electron chi connectivity index (χ3n) is 2.86. The van der Waals surface area contributed by atoms with Crippen molar-refractivity contribution in [3.05, 3.63) is 0 Å². The van der Waals surface area contributed by atoms with Crippen LogP contribution in [0.4, 0.5) is 0 Å². The van der Waals surface area contributed by atoms with Crippen LogP contribution in [-0.4, -0.2) is 49.7 Å². The molecule has 0 spiro atoms. The van der Waals surface area contributed by atoms with Gasteiger partial charge in [-0.1, -0.05) is 0 Å². The molecule has 17 heavy (non-hydrogen) atoms. The molecule has 5 heteroatoms. The minimum atomic E-state index is -0.121. The Labute approximate surface area is 103 Å². The lowest BCUT2D eigenvalue weighted by atomic mass is 10.1. The van der Waals surface area contributed by atoms with Crippen molar-refractivity contribution in [1.82, 2.24) is 10.2 Å². The van der Waals surface area contributed by atoms with Crippen LogP contribution < -0.4 is 5.32 Å². The zero-order valence-electron chi connectivity index (χ0n) is 10.6. The first-order valence-corrected chi connectivity index (χ1v) is 6.17. The Hall–Kier alpha value is -1.12.